The van der Waals surface area contributed by atoms with Gasteiger partial charge < -0.3 is 0 Å². The number of alkyl halides is 1. The van der Waals surface area contributed by atoms with E-state index in [-0.39, 0.29) is 5.38 Å². The van der Waals surface area contributed by atoms with Crippen molar-refractivity contribution in [3.8, 4) is 0 Å². The average molecular weight is 488 g/mol. The minimum atomic E-state index is -0.263. The van der Waals surface area contributed by atoms with Gasteiger partial charge in [0, 0.05) is 18.4 Å². The van der Waals surface area contributed by atoms with Crippen LogP contribution in [0.5, 0.6) is 0 Å². The van der Waals surface area contributed by atoms with Crippen molar-refractivity contribution in [1.82, 2.24) is 0 Å². The average Bonchev–Trinajstić information content (AvgIpc) is 2.31. The first-order chi connectivity index (χ1) is 8.88. The minimum Gasteiger partial charge on any atom is -0.113 e. The Balaban J connectivity index is 2.49. The summed E-state index contributed by atoms with van der Waals surface area (Å²) in [5.74, 6) is 0. The molecule has 0 spiro atoms. The van der Waals surface area contributed by atoms with Crippen LogP contribution in [0.3, 0.4) is 0 Å². The molecule has 19 heavy (non-hydrogen) atoms. The normalized spacial score (nSPS) is 12.5. The third-order valence-electron chi connectivity index (χ3n) is 2.73. The Kier molecular flexibility index (Phi) is 5.41. The minimum absolute atomic E-state index is 0.263. The lowest BCUT2D eigenvalue weighted by molar-refractivity contribution is 1.12. The molecule has 0 heterocycles. The fourth-order valence-corrected chi connectivity index (χ4v) is 4.13. The molecule has 2 aromatic carbocycles. The standard InChI is InChI=1S/C14H9Br3Cl2/c1-7-2-13(17)11(6-12(7)16)14(19)8-3-9(15)5-10(18)4-8/h2-6,14H,1H3. The van der Waals surface area contributed by atoms with Gasteiger partial charge in [-0.2, -0.15) is 0 Å². The van der Waals surface area contributed by atoms with E-state index in [9.17, 15) is 0 Å². The van der Waals surface area contributed by atoms with E-state index in [1.807, 2.05) is 37.3 Å². The molecule has 0 aliphatic rings. The Labute approximate surface area is 147 Å². The summed E-state index contributed by atoms with van der Waals surface area (Å²) in [5.41, 5.74) is 3.12. The number of benzene rings is 2. The van der Waals surface area contributed by atoms with Crippen LogP contribution in [0.15, 0.2) is 43.7 Å². The second kappa shape index (κ2) is 6.48. The van der Waals surface area contributed by atoms with Crippen LogP contribution in [0, 0.1) is 6.92 Å². The Morgan fingerprint density at radius 3 is 2.26 bits per heavy atom. The zero-order valence-corrected chi connectivity index (χ0v) is 16.1. The molecule has 0 bridgehead atoms. The number of hydrogen-bond acceptors (Lipinski definition) is 0. The Bertz CT molecular complexity index is 606. The summed E-state index contributed by atoms with van der Waals surface area (Å²) >= 11 is 23.2. The van der Waals surface area contributed by atoms with Gasteiger partial charge >= 0.3 is 0 Å². The molecule has 5 heteroatoms. The highest BCUT2D eigenvalue weighted by atomic mass is 79.9. The predicted octanol–water partition coefficient (Wildman–Crippen LogP) is 7.26. The van der Waals surface area contributed by atoms with E-state index in [2.05, 4.69) is 47.8 Å². The van der Waals surface area contributed by atoms with E-state index in [0.717, 1.165) is 30.1 Å². The van der Waals surface area contributed by atoms with E-state index in [4.69, 9.17) is 23.2 Å². The van der Waals surface area contributed by atoms with Gasteiger partial charge in [-0.25, -0.2) is 0 Å². The zero-order valence-electron chi connectivity index (χ0n) is 9.85. The van der Waals surface area contributed by atoms with Crippen molar-refractivity contribution in [3.05, 3.63) is 65.5 Å². The number of aryl methyl sites for hydroxylation is 1. The Hall–Kier alpha value is 0.460. The van der Waals surface area contributed by atoms with Crippen LogP contribution in [-0.4, -0.2) is 0 Å². The largest absolute Gasteiger partial charge is 0.113 e. The fourth-order valence-electron chi connectivity index (χ4n) is 1.76. The second-order valence-electron chi connectivity index (χ2n) is 4.19. The van der Waals surface area contributed by atoms with E-state index in [0.29, 0.717) is 5.02 Å². The molecule has 1 unspecified atom stereocenters. The summed E-state index contributed by atoms with van der Waals surface area (Å²) in [5, 5.41) is 0.401. The molecule has 100 valence electrons. The molecule has 0 radical (unpaired) electrons. The monoisotopic (exact) mass is 484 g/mol. The summed E-state index contributed by atoms with van der Waals surface area (Å²) in [6, 6.07) is 9.78. The Morgan fingerprint density at radius 2 is 1.63 bits per heavy atom. The first kappa shape index (κ1) is 15.8. The predicted molar refractivity (Wildman–Crippen MR) is 93.4 cm³/mol. The lowest BCUT2D eigenvalue weighted by Crippen LogP contribution is -1.96. The van der Waals surface area contributed by atoms with Crippen molar-refractivity contribution in [1.29, 1.82) is 0 Å². The molecule has 0 fully saturated rings. The van der Waals surface area contributed by atoms with Gasteiger partial charge in [-0.1, -0.05) is 59.4 Å². The van der Waals surface area contributed by atoms with E-state index < -0.39 is 0 Å². The third kappa shape index (κ3) is 3.76. The maximum Gasteiger partial charge on any atom is 0.0847 e. The molecule has 0 saturated heterocycles. The SMILES string of the molecule is Cc1cc(Br)c(C(Cl)c2cc(Cl)cc(Br)c2)cc1Br. The van der Waals surface area contributed by atoms with Crippen LogP contribution in [0.25, 0.3) is 0 Å². The van der Waals surface area contributed by atoms with E-state index in [1.165, 1.54) is 0 Å². The zero-order chi connectivity index (χ0) is 14.2. The third-order valence-corrected chi connectivity index (χ3v) is 5.43. The first-order valence-corrected chi connectivity index (χ1v) is 8.63. The van der Waals surface area contributed by atoms with Crippen LogP contribution in [-0.2, 0) is 0 Å². The number of hydrogen-bond donors (Lipinski definition) is 0. The van der Waals surface area contributed by atoms with Crippen LogP contribution in [0.2, 0.25) is 5.02 Å². The quantitative estimate of drug-likeness (QED) is 0.391. The molecule has 0 amide bonds. The van der Waals surface area contributed by atoms with Crippen molar-refractivity contribution in [2.45, 2.75) is 12.3 Å². The van der Waals surface area contributed by atoms with Crippen molar-refractivity contribution in [3.63, 3.8) is 0 Å². The molecular formula is C14H9Br3Cl2. The van der Waals surface area contributed by atoms with Crippen LogP contribution >= 0.6 is 71.0 Å². The number of rotatable bonds is 2. The Morgan fingerprint density at radius 1 is 0.947 bits per heavy atom. The number of halogens is 5. The molecule has 1 atom stereocenters. The summed E-state index contributed by atoms with van der Waals surface area (Å²) in [7, 11) is 0. The maximum absolute atomic E-state index is 6.57. The van der Waals surface area contributed by atoms with Gasteiger partial charge in [0.25, 0.3) is 0 Å². The van der Waals surface area contributed by atoms with Gasteiger partial charge in [-0.15, -0.1) is 11.6 Å². The summed E-state index contributed by atoms with van der Waals surface area (Å²) in [6.07, 6.45) is 0. The highest BCUT2D eigenvalue weighted by molar-refractivity contribution is 9.11. The summed E-state index contributed by atoms with van der Waals surface area (Å²) < 4.78 is 2.95. The molecule has 0 aliphatic carbocycles. The van der Waals surface area contributed by atoms with Gasteiger partial charge in [-0.3, -0.25) is 0 Å². The van der Waals surface area contributed by atoms with Crippen molar-refractivity contribution >= 4 is 71.0 Å². The van der Waals surface area contributed by atoms with E-state index in [1.54, 1.807) is 0 Å². The van der Waals surface area contributed by atoms with Gasteiger partial charge in [0.15, 0.2) is 0 Å². The van der Waals surface area contributed by atoms with Crippen LogP contribution in [0.1, 0.15) is 22.1 Å². The van der Waals surface area contributed by atoms with Crippen LogP contribution < -0.4 is 0 Å². The lowest BCUT2D eigenvalue weighted by Gasteiger charge is -2.15. The molecule has 0 aromatic heterocycles. The topological polar surface area (TPSA) is 0 Å². The van der Waals surface area contributed by atoms with E-state index >= 15 is 0 Å². The molecular weight excluding hydrogens is 479 g/mol. The maximum atomic E-state index is 6.57. The van der Waals surface area contributed by atoms with Gasteiger partial charge in [0.2, 0.25) is 0 Å². The smallest absolute Gasteiger partial charge is 0.0847 e. The van der Waals surface area contributed by atoms with Crippen molar-refractivity contribution < 1.29 is 0 Å². The molecule has 0 N–H and O–H groups in total. The van der Waals surface area contributed by atoms with Crippen LogP contribution in [0.4, 0.5) is 0 Å². The molecule has 0 aliphatic heterocycles. The fraction of sp³-hybridized carbons (Fsp3) is 0.143. The first-order valence-electron chi connectivity index (χ1n) is 5.44. The van der Waals surface area contributed by atoms with Crippen molar-refractivity contribution in [2.75, 3.05) is 0 Å². The van der Waals surface area contributed by atoms with Gasteiger partial charge in [0.05, 0.1) is 5.38 Å². The summed E-state index contributed by atoms with van der Waals surface area (Å²) in [4.78, 5) is 0. The van der Waals surface area contributed by atoms with Gasteiger partial charge in [0.1, 0.15) is 0 Å². The van der Waals surface area contributed by atoms with Crippen molar-refractivity contribution in [2.24, 2.45) is 0 Å². The molecule has 0 nitrogen and oxygen atoms in total. The summed E-state index contributed by atoms with van der Waals surface area (Å²) in [6.45, 7) is 2.04. The lowest BCUT2D eigenvalue weighted by atomic mass is 10.0. The second-order valence-corrected chi connectivity index (χ2v) is 7.69. The molecule has 2 rings (SSSR count). The van der Waals surface area contributed by atoms with Gasteiger partial charge in [-0.05, 0) is 53.9 Å². The highest BCUT2D eigenvalue weighted by Crippen LogP contribution is 2.38. The molecule has 2 aromatic rings. The highest BCUT2D eigenvalue weighted by Gasteiger charge is 2.16. The molecule has 0 saturated carbocycles.